The van der Waals surface area contributed by atoms with Crippen molar-refractivity contribution in [2.75, 3.05) is 0 Å². The van der Waals surface area contributed by atoms with E-state index in [1.165, 1.54) is 12.3 Å². The van der Waals surface area contributed by atoms with Gasteiger partial charge in [-0.3, -0.25) is 0 Å². The van der Waals surface area contributed by atoms with Crippen LogP contribution in [0.15, 0.2) is 21.8 Å². The molecule has 4 nitrogen and oxygen atoms in total. The van der Waals surface area contributed by atoms with Gasteiger partial charge in [-0.05, 0) is 30.3 Å². The maximum absolute atomic E-state index is 10.2. The normalized spacial score (nSPS) is 26.5. The molecule has 0 saturated heterocycles. The zero-order valence-electron chi connectivity index (χ0n) is 8.99. The largest absolute Gasteiger partial charge is 0.239 e. The van der Waals surface area contributed by atoms with Gasteiger partial charge in [0.1, 0.15) is 0 Å². The number of hydrogen-bond donors (Lipinski definition) is 0. The zero-order chi connectivity index (χ0) is 11.3. The van der Waals surface area contributed by atoms with Gasteiger partial charge >= 0.3 is 0 Å². The Morgan fingerprint density at radius 2 is 2.13 bits per heavy atom. The highest BCUT2D eigenvalue weighted by molar-refractivity contribution is 5.36. The van der Waals surface area contributed by atoms with Crippen molar-refractivity contribution >= 4 is 12.2 Å². The second-order valence-corrected chi connectivity index (χ2v) is 4.63. The topological polar surface area (TPSA) is 58.9 Å². The van der Waals surface area contributed by atoms with Crippen molar-refractivity contribution < 1.29 is 9.59 Å². The fraction of sp³-hybridized carbons (Fsp3) is 0.636. The average Bonchev–Trinajstić information content (AvgIpc) is 2.13. The first-order chi connectivity index (χ1) is 7.07. The highest BCUT2D eigenvalue weighted by Gasteiger charge is 2.30. The smallest absolute Gasteiger partial charge is 0.211 e. The average molecular weight is 206 g/mol. The minimum atomic E-state index is -0.0284. The lowest BCUT2D eigenvalue weighted by Crippen LogP contribution is -2.26. The summed E-state index contributed by atoms with van der Waals surface area (Å²) in [5.74, 6) is 0. The molecule has 1 atom stereocenters. The molecule has 1 fully saturated rings. The summed E-state index contributed by atoms with van der Waals surface area (Å²) in [5.41, 5.74) is 1.13. The molecule has 80 valence electrons. The molecule has 1 unspecified atom stereocenters. The van der Waals surface area contributed by atoms with E-state index in [4.69, 9.17) is 0 Å². The van der Waals surface area contributed by atoms with Crippen molar-refractivity contribution in [2.45, 2.75) is 39.2 Å². The number of nitrogens with zero attached hydrogens (tertiary/aromatic N) is 2. The first kappa shape index (κ1) is 11.6. The Kier molecular flexibility index (Phi) is 3.73. The Balaban J connectivity index is 2.85. The molecule has 0 spiro atoms. The van der Waals surface area contributed by atoms with Crippen LogP contribution in [0.3, 0.4) is 0 Å². The molecule has 1 saturated carbocycles. The van der Waals surface area contributed by atoms with Crippen molar-refractivity contribution in [1.29, 1.82) is 0 Å². The van der Waals surface area contributed by atoms with Crippen LogP contribution < -0.4 is 0 Å². The van der Waals surface area contributed by atoms with Crippen LogP contribution in [0.1, 0.15) is 33.1 Å². The third-order valence-corrected chi connectivity index (χ3v) is 2.53. The van der Waals surface area contributed by atoms with Gasteiger partial charge in [0, 0.05) is 6.20 Å². The van der Waals surface area contributed by atoms with E-state index in [0.717, 1.165) is 18.4 Å². The van der Waals surface area contributed by atoms with E-state index in [0.29, 0.717) is 6.42 Å². The van der Waals surface area contributed by atoms with Gasteiger partial charge in [-0.25, -0.2) is 14.6 Å². The van der Waals surface area contributed by atoms with Crippen molar-refractivity contribution in [1.82, 2.24) is 0 Å². The van der Waals surface area contributed by atoms with E-state index in [2.05, 4.69) is 23.8 Å². The molecule has 0 heterocycles. The lowest BCUT2D eigenvalue weighted by atomic mass is 9.73. The molecular weight excluding hydrogens is 192 g/mol. The van der Waals surface area contributed by atoms with Gasteiger partial charge in [-0.1, -0.05) is 13.8 Å². The Bertz CT molecular complexity index is 359. The van der Waals surface area contributed by atoms with Crippen LogP contribution in [0.25, 0.3) is 0 Å². The molecule has 4 heteroatoms. The summed E-state index contributed by atoms with van der Waals surface area (Å²) in [6.45, 7) is 4.22. The first-order valence-corrected chi connectivity index (χ1v) is 4.89. The Labute approximate surface area is 88.8 Å². The molecule has 15 heavy (non-hydrogen) atoms. The van der Waals surface area contributed by atoms with Gasteiger partial charge < -0.3 is 0 Å². The minimum Gasteiger partial charge on any atom is -0.211 e. The molecule has 0 bridgehead atoms. The van der Waals surface area contributed by atoms with Crippen LogP contribution in [0.2, 0.25) is 0 Å². The van der Waals surface area contributed by atoms with Crippen molar-refractivity contribution in [3.05, 3.63) is 11.8 Å². The lowest BCUT2D eigenvalue weighted by molar-refractivity contribution is 0.265. The number of rotatable bonds is 2. The molecule has 0 N–H and O–H groups in total. The summed E-state index contributed by atoms with van der Waals surface area (Å²) >= 11 is 0. The van der Waals surface area contributed by atoms with Crippen LogP contribution in [-0.4, -0.2) is 18.2 Å². The van der Waals surface area contributed by atoms with Gasteiger partial charge in [-0.2, -0.15) is 4.99 Å². The van der Waals surface area contributed by atoms with Crippen LogP contribution >= 0.6 is 0 Å². The molecule has 0 aromatic rings. The molecule has 1 rings (SSSR count). The quantitative estimate of drug-likeness (QED) is 0.513. The predicted octanol–water partition coefficient (Wildman–Crippen LogP) is 2.12. The second-order valence-electron chi connectivity index (χ2n) is 4.63. The monoisotopic (exact) mass is 206 g/mol. The van der Waals surface area contributed by atoms with Crippen molar-refractivity contribution in [2.24, 2.45) is 15.4 Å². The van der Waals surface area contributed by atoms with E-state index in [1.807, 2.05) is 0 Å². The van der Waals surface area contributed by atoms with Gasteiger partial charge in [0.25, 0.3) is 0 Å². The highest BCUT2D eigenvalue weighted by Crippen LogP contribution is 2.39. The van der Waals surface area contributed by atoms with Crippen LogP contribution in [-0.2, 0) is 9.59 Å². The maximum atomic E-state index is 10.2. The summed E-state index contributed by atoms with van der Waals surface area (Å²) in [4.78, 5) is 27.4. The highest BCUT2D eigenvalue weighted by atomic mass is 16.1. The van der Waals surface area contributed by atoms with Crippen molar-refractivity contribution in [3.8, 4) is 0 Å². The van der Waals surface area contributed by atoms with E-state index in [-0.39, 0.29) is 11.5 Å². The SMILES string of the molecule is CC1(C)CC(=CN=C=O)CC(N=C=O)C1. The number of aliphatic imine (C=N–C) groups is 2. The van der Waals surface area contributed by atoms with E-state index in [1.54, 1.807) is 6.08 Å². The number of isocyanates is 2. The Morgan fingerprint density at radius 3 is 2.73 bits per heavy atom. The van der Waals surface area contributed by atoms with E-state index in [9.17, 15) is 9.59 Å². The summed E-state index contributed by atoms with van der Waals surface area (Å²) in [6.07, 6.45) is 7.03. The molecule has 0 amide bonds. The standard InChI is InChI=1S/C11H14N2O2/c1-11(2)4-9(6-12-7-14)3-10(5-11)13-8-15/h6,10H,3-5H2,1-2H3. The van der Waals surface area contributed by atoms with Gasteiger partial charge in [0.2, 0.25) is 12.2 Å². The molecule has 1 aliphatic carbocycles. The zero-order valence-corrected chi connectivity index (χ0v) is 8.99. The van der Waals surface area contributed by atoms with Gasteiger partial charge in [0.15, 0.2) is 0 Å². The summed E-state index contributed by atoms with van der Waals surface area (Å²) < 4.78 is 0. The van der Waals surface area contributed by atoms with E-state index >= 15 is 0 Å². The fourth-order valence-corrected chi connectivity index (χ4v) is 2.15. The molecule has 0 aliphatic heterocycles. The molecular formula is C11H14N2O2. The third-order valence-electron chi connectivity index (χ3n) is 2.53. The molecule has 0 aromatic carbocycles. The molecule has 0 radical (unpaired) electrons. The van der Waals surface area contributed by atoms with Crippen LogP contribution in [0.4, 0.5) is 0 Å². The second kappa shape index (κ2) is 4.83. The lowest BCUT2D eigenvalue weighted by Gasteiger charge is -2.34. The Morgan fingerprint density at radius 1 is 1.40 bits per heavy atom. The number of hydrogen-bond acceptors (Lipinski definition) is 4. The number of carbonyl (C=O) groups excluding carboxylic acids is 2. The predicted molar refractivity (Wildman–Crippen MR) is 55.7 cm³/mol. The third kappa shape index (κ3) is 3.62. The van der Waals surface area contributed by atoms with Crippen LogP contribution in [0.5, 0.6) is 0 Å². The van der Waals surface area contributed by atoms with E-state index < -0.39 is 0 Å². The molecule has 1 aliphatic rings. The summed E-state index contributed by atoms with van der Waals surface area (Å²) in [7, 11) is 0. The van der Waals surface area contributed by atoms with Gasteiger partial charge in [-0.15, -0.1) is 0 Å². The maximum Gasteiger partial charge on any atom is 0.239 e. The first-order valence-electron chi connectivity index (χ1n) is 4.89. The summed E-state index contributed by atoms with van der Waals surface area (Å²) in [6, 6.07) is -0.0284. The minimum absolute atomic E-state index is 0.0284. The summed E-state index contributed by atoms with van der Waals surface area (Å²) in [5, 5.41) is 0. The van der Waals surface area contributed by atoms with Crippen molar-refractivity contribution in [3.63, 3.8) is 0 Å². The fourth-order valence-electron chi connectivity index (χ4n) is 2.15. The van der Waals surface area contributed by atoms with Gasteiger partial charge in [0.05, 0.1) is 6.04 Å². The molecule has 0 aromatic heterocycles. The Hall–Kier alpha value is -1.50. The van der Waals surface area contributed by atoms with Crippen LogP contribution in [0, 0.1) is 5.41 Å².